The van der Waals surface area contributed by atoms with Gasteiger partial charge in [-0.05, 0) is 97.1 Å². The van der Waals surface area contributed by atoms with E-state index in [9.17, 15) is 19.2 Å². The van der Waals surface area contributed by atoms with Gasteiger partial charge in [0.2, 0.25) is 0 Å². The van der Waals surface area contributed by atoms with Crippen LogP contribution in [-0.2, 0) is 0 Å². The van der Waals surface area contributed by atoms with Crippen molar-refractivity contribution in [2.24, 2.45) is 0 Å². The smallest absolute Gasteiger partial charge is 0.291 e. The van der Waals surface area contributed by atoms with Crippen molar-refractivity contribution < 1.29 is 32.7 Å². The van der Waals surface area contributed by atoms with Crippen molar-refractivity contribution in [1.82, 2.24) is 5.32 Å². The van der Waals surface area contributed by atoms with Crippen LogP contribution < -0.4 is 31.3 Å². The average Bonchev–Trinajstić information content (AvgIpc) is 3.74. The number of hydrogen-bond acceptors (Lipinski definition) is 8. The fourth-order valence-corrected chi connectivity index (χ4v) is 3.93. The van der Waals surface area contributed by atoms with Crippen LogP contribution in [-0.4, -0.2) is 37.7 Å². The molecule has 2 heterocycles. The van der Waals surface area contributed by atoms with E-state index in [0.29, 0.717) is 28.6 Å². The molecule has 0 saturated heterocycles. The van der Waals surface area contributed by atoms with Crippen LogP contribution in [0, 0.1) is 0 Å². The molecule has 0 radical (unpaired) electrons. The van der Waals surface area contributed by atoms with Crippen LogP contribution in [0.2, 0.25) is 0 Å². The highest BCUT2D eigenvalue weighted by molar-refractivity contribution is 6.06. The van der Waals surface area contributed by atoms with Gasteiger partial charge in [-0.2, -0.15) is 0 Å². The van der Waals surface area contributed by atoms with E-state index >= 15 is 0 Å². The topological polar surface area (TPSA) is 164 Å². The standard InChI is InChI=1S/C32H27N5O7/c1-33-19-7-11-23(12-8-19)42-24-13-9-22(10-14-24)37-32(41)28-18-17-27(44-28)31(40)36-21-5-3-20(4-6-21)35-30(39)26-16-15-25(43-26)29(38)34-2/h3-18,33H,1-2H3,(H,34,38)(H,35,39)(H,36,40)(H,37,41). The Labute approximate surface area is 251 Å². The fourth-order valence-electron chi connectivity index (χ4n) is 3.93. The molecule has 4 amide bonds. The molecule has 5 N–H and O–H groups in total. The van der Waals surface area contributed by atoms with E-state index in [2.05, 4.69) is 26.6 Å². The molecule has 5 aromatic rings. The minimum Gasteiger partial charge on any atom is -0.457 e. The van der Waals surface area contributed by atoms with E-state index < -0.39 is 23.6 Å². The van der Waals surface area contributed by atoms with Crippen molar-refractivity contribution in [1.29, 1.82) is 0 Å². The molecule has 3 aromatic carbocycles. The van der Waals surface area contributed by atoms with E-state index in [-0.39, 0.29) is 23.0 Å². The van der Waals surface area contributed by atoms with Crippen molar-refractivity contribution in [3.8, 4) is 11.5 Å². The van der Waals surface area contributed by atoms with Gasteiger partial charge in [0.1, 0.15) is 11.5 Å². The number of amides is 4. The molecule has 0 spiro atoms. The average molecular weight is 594 g/mol. The molecule has 5 rings (SSSR count). The lowest BCUT2D eigenvalue weighted by Crippen LogP contribution is -2.17. The summed E-state index contributed by atoms with van der Waals surface area (Å²) in [5.41, 5.74) is 2.35. The van der Waals surface area contributed by atoms with Gasteiger partial charge in [-0.25, -0.2) is 0 Å². The molecular weight excluding hydrogens is 566 g/mol. The highest BCUT2D eigenvalue weighted by atomic mass is 16.5. The second-order valence-corrected chi connectivity index (χ2v) is 9.25. The zero-order valence-corrected chi connectivity index (χ0v) is 23.6. The predicted octanol–water partition coefficient (Wildman–Crippen LogP) is 5.82. The minimum atomic E-state index is -0.567. The van der Waals surface area contributed by atoms with Crippen LogP contribution in [0.3, 0.4) is 0 Å². The second-order valence-electron chi connectivity index (χ2n) is 9.25. The Hall–Kier alpha value is -6.30. The highest BCUT2D eigenvalue weighted by Gasteiger charge is 2.18. The lowest BCUT2D eigenvalue weighted by atomic mass is 10.2. The van der Waals surface area contributed by atoms with Crippen LogP contribution in [0.25, 0.3) is 0 Å². The van der Waals surface area contributed by atoms with Crippen LogP contribution in [0.5, 0.6) is 11.5 Å². The number of furan rings is 2. The second kappa shape index (κ2) is 13.1. The maximum Gasteiger partial charge on any atom is 0.291 e. The number of rotatable bonds is 10. The normalized spacial score (nSPS) is 10.4. The molecule has 0 fully saturated rings. The number of anilines is 4. The lowest BCUT2D eigenvalue weighted by Gasteiger charge is -2.08. The molecule has 0 aliphatic rings. The third kappa shape index (κ3) is 7.12. The molecule has 44 heavy (non-hydrogen) atoms. The van der Waals surface area contributed by atoms with Gasteiger partial charge < -0.3 is 40.2 Å². The Kier molecular flexibility index (Phi) is 8.71. The molecular formula is C32H27N5O7. The zero-order valence-electron chi connectivity index (χ0n) is 23.6. The van der Waals surface area contributed by atoms with Gasteiger partial charge in [0, 0.05) is 36.8 Å². The Balaban J connectivity index is 1.12. The zero-order chi connectivity index (χ0) is 31.1. The van der Waals surface area contributed by atoms with E-state index in [1.54, 1.807) is 48.5 Å². The SMILES string of the molecule is CNC(=O)c1ccc(C(=O)Nc2ccc(NC(=O)c3ccc(C(=O)Nc4ccc(Oc5ccc(NC)cc5)cc4)o3)cc2)o1. The molecule has 0 unspecified atom stereocenters. The summed E-state index contributed by atoms with van der Waals surface area (Å²) in [5, 5.41) is 13.5. The molecule has 12 heteroatoms. The van der Waals surface area contributed by atoms with Crippen LogP contribution in [0.4, 0.5) is 22.7 Å². The molecule has 2 aromatic heterocycles. The van der Waals surface area contributed by atoms with Crippen molar-refractivity contribution in [2.45, 2.75) is 0 Å². The number of ether oxygens (including phenoxy) is 1. The van der Waals surface area contributed by atoms with Gasteiger partial charge in [0.05, 0.1) is 0 Å². The Morgan fingerprint density at radius 3 is 1.11 bits per heavy atom. The summed E-state index contributed by atoms with van der Waals surface area (Å²) in [5.74, 6) is -0.939. The van der Waals surface area contributed by atoms with Gasteiger partial charge in [-0.1, -0.05) is 0 Å². The molecule has 0 atom stereocenters. The third-order valence-electron chi connectivity index (χ3n) is 6.23. The fraction of sp³-hybridized carbons (Fsp3) is 0.0625. The first kappa shape index (κ1) is 29.2. The van der Waals surface area contributed by atoms with Crippen LogP contribution >= 0.6 is 0 Å². The van der Waals surface area contributed by atoms with Crippen molar-refractivity contribution >= 4 is 46.4 Å². The Morgan fingerprint density at radius 2 is 0.773 bits per heavy atom. The van der Waals surface area contributed by atoms with Gasteiger partial charge in [-0.15, -0.1) is 0 Å². The maximum atomic E-state index is 12.7. The minimum absolute atomic E-state index is 0.0151. The number of carbonyl (C=O) groups is 4. The summed E-state index contributed by atoms with van der Waals surface area (Å²) in [6, 6.07) is 26.2. The van der Waals surface area contributed by atoms with E-state index in [1.165, 1.54) is 31.3 Å². The number of carbonyl (C=O) groups excluding carboxylic acids is 4. The molecule has 12 nitrogen and oxygen atoms in total. The first-order valence-electron chi connectivity index (χ1n) is 13.3. The summed E-state index contributed by atoms with van der Waals surface area (Å²) in [7, 11) is 3.29. The lowest BCUT2D eigenvalue weighted by molar-refractivity contribution is 0.0924. The van der Waals surface area contributed by atoms with Crippen molar-refractivity contribution in [3.05, 3.63) is 120 Å². The van der Waals surface area contributed by atoms with Gasteiger partial charge in [0.15, 0.2) is 23.0 Å². The van der Waals surface area contributed by atoms with E-state index in [1.807, 2.05) is 31.3 Å². The first-order chi connectivity index (χ1) is 21.3. The van der Waals surface area contributed by atoms with Gasteiger partial charge in [0.25, 0.3) is 23.6 Å². The van der Waals surface area contributed by atoms with Crippen LogP contribution in [0.15, 0.2) is 106 Å². The molecule has 0 saturated carbocycles. The van der Waals surface area contributed by atoms with E-state index in [4.69, 9.17) is 13.6 Å². The molecule has 222 valence electrons. The third-order valence-corrected chi connectivity index (χ3v) is 6.23. The maximum absolute atomic E-state index is 12.7. The number of benzene rings is 3. The predicted molar refractivity (Wildman–Crippen MR) is 164 cm³/mol. The quantitative estimate of drug-likeness (QED) is 0.135. The van der Waals surface area contributed by atoms with Gasteiger partial charge >= 0.3 is 0 Å². The Morgan fingerprint density at radius 1 is 0.455 bits per heavy atom. The van der Waals surface area contributed by atoms with Crippen molar-refractivity contribution in [2.75, 3.05) is 35.4 Å². The summed E-state index contributed by atoms with van der Waals surface area (Å²) in [6.45, 7) is 0. The van der Waals surface area contributed by atoms with Crippen molar-refractivity contribution in [3.63, 3.8) is 0 Å². The summed E-state index contributed by atoms with van der Waals surface area (Å²) >= 11 is 0. The molecule has 0 bridgehead atoms. The summed E-state index contributed by atoms with van der Waals surface area (Å²) in [6.07, 6.45) is 0. The highest BCUT2D eigenvalue weighted by Crippen LogP contribution is 2.25. The molecule has 0 aliphatic carbocycles. The largest absolute Gasteiger partial charge is 0.457 e. The first-order valence-corrected chi connectivity index (χ1v) is 13.3. The monoisotopic (exact) mass is 593 g/mol. The number of hydrogen-bond donors (Lipinski definition) is 5. The van der Waals surface area contributed by atoms with E-state index in [0.717, 1.165) is 5.69 Å². The van der Waals surface area contributed by atoms with Crippen LogP contribution in [0.1, 0.15) is 42.2 Å². The summed E-state index contributed by atoms with van der Waals surface area (Å²) in [4.78, 5) is 49.4. The van der Waals surface area contributed by atoms with Gasteiger partial charge in [-0.3, -0.25) is 19.2 Å². The molecule has 0 aliphatic heterocycles. The Bertz CT molecular complexity index is 1790. The summed E-state index contributed by atoms with van der Waals surface area (Å²) < 4.78 is 16.5. The number of nitrogens with one attached hydrogen (secondary N) is 5.